The Kier molecular flexibility index (Phi) is 5.11. The lowest BCUT2D eigenvalue weighted by Crippen LogP contribution is -2.47. The number of pyridine rings is 1. The largest absolute Gasteiger partial charge is 0.497 e. The van der Waals surface area contributed by atoms with E-state index in [2.05, 4.69) is 10.3 Å². The molecule has 1 fully saturated rings. The Morgan fingerprint density at radius 2 is 2.04 bits per heavy atom. The number of aromatic nitrogens is 1. The van der Waals surface area contributed by atoms with Crippen LogP contribution in [0.4, 0.5) is 0 Å². The molecule has 1 amide bonds. The Morgan fingerprint density at radius 1 is 1.25 bits per heavy atom. The van der Waals surface area contributed by atoms with Crippen LogP contribution < -0.4 is 10.1 Å². The molecule has 0 bridgehead atoms. The fraction of sp³-hybridized carbons (Fsp3) is 0.368. The smallest absolute Gasteiger partial charge is 0.255 e. The minimum atomic E-state index is 0.0535. The molecule has 1 unspecified atom stereocenters. The van der Waals surface area contributed by atoms with E-state index in [1.807, 2.05) is 42.3 Å². The van der Waals surface area contributed by atoms with Crippen LogP contribution in [0.1, 0.15) is 23.2 Å². The predicted octanol–water partition coefficient (Wildman–Crippen LogP) is 2.58. The van der Waals surface area contributed by atoms with Crippen molar-refractivity contribution in [1.29, 1.82) is 0 Å². The number of rotatable bonds is 4. The highest BCUT2D eigenvalue weighted by Gasteiger charge is 2.23. The summed E-state index contributed by atoms with van der Waals surface area (Å²) in [5, 5.41) is 3.27. The number of nitrogens with zero attached hydrogens (tertiary/aromatic N) is 2. The average Bonchev–Trinajstić information content (AvgIpc) is 2.67. The number of piperidine rings is 1. The molecule has 5 nitrogen and oxygen atoms in total. The number of nitrogens with one attached hydrogen (secondary N) is 1. The van der Waals surface area contributed by atoms with E-state index in [0.29, 0.717) is 11.6 Å². The first-order chi connectivity index (χ1) is 11.7. The van der Waals surface area contributed by atoms with Gasteiger partial charge in [-0.2, -0.15) is 0 Å². The molecule has 0 spiro atoms. The van der Waals surface area contributed by atoms with Gasteiger partial charge in [0.1, 0.15) is 5.75 Å². The van der Waals surface area contributed by atoms with E-state index in [0.717, 1.165) is 42.8 Å². The SMILES string of the molecule is CNC1CCCN(C(=O)c2cncc(-c3ccc(OC)cc3)c2)C1. The number of methoxy groups -OCH3 is 1. The van der Waals surface area contributed by atoms with Gasteiger partial charge in [0.15, 0.2) is 0 Å². The van der Waals surface area contributed by atoms with Crippen LogP contribution >= 0.6 is 0 Å². The topological polar surface area (TPSA) is 54.5 Å². The highest BCUT2D eigenvalue weighted by molar-refractivity contribution is 5.95. The molecule has 24 heavy (non-hydrogen) atoms. The maximum absolute atomic E-state index is 12.8. The maximum Gasteiger partial charge on any atom is 0.255 e. The van der Waals surface area contributed by atoms with E-state index in [-0.39, 0.29) is 5.91 Å². The minimum Gasteiger partial charge on any atom is -0.497 e. The summed E-state index contributed by atoms with van der Waals surface area (Å²) in [6, 6.07) is 10.1. The molecule has 3 rings (SSSR count). The summed E-state index contributed by atoms with van der Waals surface area (Å²) in [7, 11) is 3.59. The van der Waals surface area contributed by atoms with E-state index < -0.39 is 0 Å². The Bertz CT molecular complexity index is 700. The number of amides is 1. The first-order valence-corrected chi connectivity index (χ1v) is 8.27. The van der Waals surface area contributed by atoms with Gasteiger partial charge < -0.3 is 15.0 Å². The van der Waals surface area contributed by atoms with Crippen molar-refractivity contribution in [2.45, 2.75) is 18.9 Å². The van der Waals surface area contributed by atoms with E-state index in [9.17, 15) is 4.79 Å². The lowest BCUT2D eigenvalue weighted by molar-refractivity contribution is 0.0698. The molecule has 1 saturated heterocycles. The molecule has 1 atom stereocenters. The van der Waals surface area contributed by atoms with Crippen molar-refractivity contribution >= 4 is 5.91 Å². The zero-order valence-corrected chi connectivity index (χ0v) is 14.2. The first-order valence-electron chi connectivity index (χ1n) is 8.27. The van der Waals surface area contributed by atoms with Crippen LogP contribution in [0, 0.1) is 0 Å². The third-order valence-corrected chi connectivity index (χ3v) is 4.53. The molecule has 1 aliphatic heterocycles. The zero-order chi connectivity index (χ0) is 16.9. The summed E-state index contributed by atoms with van der Waals surface area (Å²) in [6.45, 7) is 1.56. The van der Waals surface area contributed by atoms with Crippen LogP contribution in [0.15, 0.2) is 42.7 Å². The van der Waals surface area contributed by atoms with Crippen molar-refractivity contribution in [2.24, 2.45) is 0 Å². The van der Waals surface area contributed by atoms with Crippen molar-refractivity contribution in [1.82, 2.24) is 15.2 Å². The number of likely N-dealkylation sites (N-methyl/N-ethyl adjacent to an activating group) is 1. The van der Waals surface area contributed by atoms with Gasteiger partial charge in [0, 0.05) is 37.1 Å². The third-order valence-electron chi connectivity index (χ3n) is 4.53. The van der Waals surface area contributed by atoms with Gasteiger partial charge in [0.05, 0.1) is 12.7 Å². The van der Waals surface area contributed by atoms with Crippen molar-refractivity contribution in [3.05, 3.63) is 48.3 Å². The van der Waals surface area contributed by atoms with E-state index in [1.54, 1.807) is 19.5 Å². The van der Waals surface area contributed by atoms with Gasteiger partial charge in [0.25, 0.3) is 5.91 Å². The number of hydrogen-bond donors (Lipinski definition) is 1. The standard InChI is InChI=1S/C19H23N3O2/c1-20-17-4-3-9-22(13-17)19(23)16-10-15(11-21-12-16)14-5-7-18(24-2)8-6-14/h5-8,10-12,17,20H,3-4,9,13H2,1-2H3. The lowest BCUT2D eigenvalue weighted by atomic mass is 10.0. The lowest BCUT2D eigenvalue weighted by Gasteiger charge is -2.32. The van der Waals surface area contributed by atoms with Crippen LogP contribution in [-0.4, -0.2) is 49.1 Å². The summed E-state index contributed by atoms with van der Waals surface area (Å²) in [6.07, 6.45) is 5.58. The third kappa shape index (κ3) is 3.57. The van der Waals surface area contributed by atoms with Crippen LogP contribution in [0.3, 0.4) is 0 Å². The Balaban J connectivity index is 1.80. The second kappa shape index (κ2) is 7.45. The van der Waals surface area contributed by atoms with Crippen LogP contribution in [0.5, 0.6) is 5.75 Å². The van der Waals surface area contributed by atoms with E-state index in [1.165, 1.54) is 0 Å². The maximum atomic E-state index is 12.8. The summed E-state index contributed by atoms with van der Waals surface area (Å²) in [4.78, 5) is 19.0. The normalized spacial score (nSPS) is 17.6. The van der Waals surface area contributed by atoms with Crippen LogP contribution in [0.2, 0.25) is 0 Å². The molecular weight excluding hydrogens is 302 g/mol. The number of carbonyl (C=O) groups excluding carboxylic acids is 1. The van der Waals surface area contributed by atoms with E-state index in [4.69, 9.17) is 4.74 Å². The monoisotopic (exact) mass is 325 g/mol. The number of benzene rings is 1. The van der Waals surface area contributed by atoms with E-state index >= 15 is 0 Å². The van der Waals surface area contributed by atoms with Gasteiger partial charge in [0.2, 0.25) is 0 Å². The molecule has 126 valence electrons. The molecule has 2 aromatic rings. The van der Waals surface area contributed by atoms with Crippen molar-refractivity contribution in [3.8, 4) is 16.9 Å². The molecule has 1 aromatic heterocycles. The molecule has 0 aliphatic carbocycles. The van der Waals surface area contributed by atoms with Gasteiger partial charge in [-0.3, -0.25) is 9.78 Å². The summed E-state index contributed by atoms with van der Waals surface area (Å²) >= 11 is 0. The number of carbonyl (C=O) groups is 1. The molecule has 1 aromatic carbocycles. The molecular formula is C19H23N3O2. The zero-order valence-electron chi connectivity index (χ0n) is 14.2. The summed E-state index contributed by atoms with van der Waals surface area (Å²) < 4.78 is 5.18. The predicted molar refractivity (Wildman–Crippen MR) is 94.2 cm³/mol. The number of hydrogen-bond acceptors (Lipinski definition) is 4. The van der Waals surface area contributed by atoms with Gasteiger partial charge in [-0.25, -0.2) is 0 Å². The van der Waals surface area contributed by atoms with Gasteiger partial charge in [-0.1, -0.05) is 12.1 Å². The fourth-order valence-electron chi connectivity index (χ4n) is 3.08. The average molecular weight is 325 g/mol. The minimum absolute atomic E-state index is 0.0535. The summed E-state index contributed by atoms with van der Waals surface area (Å²) in [5.74, 6) is 0.864. The first kappa shape index (κ1) is 16.5. The van der Waals surface area contributed by atoms with Crippen molar-refractivity contribution in [2.75, 3.05) is 27.2 Å². The van der Waals surface area contributed by atoms with Crippen molar-refractivity contribution < 1.29 is 9.53 Å². The molecule has 2 heterocycles. The van der Waals surface area contributed by atoms with Crippen LogP contribution in [-0.2, 0) is 0 Å². The second-order valence-electron chi connectivity index (χ2n) is 6.07. The highest BCUT2D eigenvalue weighted by atomic mass is 16.5. The van der Waals surface area contributed by atoms with Gasteiger partial charge in [-0.15, -0.1) is 0 Å². The molecule has 0 saturated carbocycles. The second-order valence-corrected chi connectivity index (χ2v) is 6.07. The van der Waals surface area contributed by atoms with Gasteiger partial charge >= 0.3 is 0 Å². The fourth-order valence-corrected chi connectivity index (χ4v) is 3.08. The van der Waals surface area contributed by atoms with Gasteiger partial charge in [-0.05, 0) is 43.7 Å². The molecule has 1 N–H and O–H groups in total. The molecule has 0 radical (unpaired) electrons. The Labute approximate surface area is 142 Å². The number of ether oxygens (including phenoxy) is 1. The van der Waals surface area contributed by atoms with Crippen LogP contribution in [0.25, 0.3) is 11.1 Å². The molecule has 1 aliphatic rings. The summed E-state index contributed by atoms with van der Waals surface area (Å²) in [5.41, 5.74) is 2.59. The van der Waals surface area contributed by atoms with Crippen molar-refractivity contribution in [3.63, 3.8) is 0 Å². The Hall–Kier alpha value is -2.40. The highest BCUT2D eigenvalue weighted by Crippen LogP contribution is 2.23. The quantitative estimate of drug-likeness (QED) is 0.939. The number of likely N-dealkylation sites (tertiary alicyclic amines) is 1. The Morgan fingerprint density at radius 3 is 2.75 bits per heavy atom. The molecule has 5 heteroatoms.